The van der Waals surface area contributed by atoms with Gasteiger partial charge < -0.3 is 0 Å². The van der Waals surface area contributed by atoms with Gasteiger partial charge in [0.05, 0.1) is 6.57 Å². The summed E-state index contributed by atoms with van der Waals surface area (Å²) in [5, 5.41) is 8.73. The maximum Gasteiger partial charge on any atom is 0.259 e. The Morgan fingerprint density at radius 3 is 2.16 bits per heavy atom. The van der Waals surface area contributed by atoms with Gasteiger partial charge in [-0.05, 0) is 5.56 Å². The molecule has 0 N–H and O–H groups in total. The van der Waals surface area contributed by atoms with E-state index in [0.29, 0.717) is 0 Å². The van der Waals surface area contributed by atoms with Crippen molar-refractivity contribution in [3.05, 3.63) is 64.8 Å². The first kappa shape index (κ1) is 12.7. The van der Waals surface area contributed by atoms with Gasteiger partial charge in [-0.1, -0.05) is 30.3 Å². The van der Waals surface area contributed by atoms with Crippen LogP contribution in [0.25, 0.3) is 16.0 Å². The minimum atomic E-state index is -1.47. The van der Waals surface area contributed by atoms with E-state index in [4.69, 9.17) is 11.8 Å². The maximum absolute atomic E-state index is 14.0. The molecule has 0 bridgehead atoms. The number of rotatable bonds is 1. The van der Waals surface area contributed by atoms with Crippen molar-refractivity contribution in [2.24, 2.45) is 0 Å². The molecule has 0 saturated heterocycles. The second-order valence-electron chi connectivity index (χ2n) is 3.63. The van der Waals surface area contributed by atoms with Gasteiger partial charge in [-0.15, -0.1) is 0 Å². The lowest BCUT2D eigenvalue weighted by Crippen LogP contribution is -1.99. The highest BCUT2D eigenvalue weighted by Crippen LogP contribution is 2.36. The molecule has 0 radical (unpaired) electrons. The standard InChI is InChI=1S/C14H5F3N2/c1-19-14-12(16)9(7-18)11(15)10(13(14)17)8-5-3-2-4-6-8/h2-6H. The monoisotopic (exact) mass is 258 g/mol. The van der Waals surface area contributed by atoms with Crippen LogP contribution in [0, 0.1) is 35.4 Å². The Hall–Kier alpha value is -2.79. The lowest BCUT2D eigenvalue weighted by atomic mass is 10.00. The molecule has 2 aromatic rings. The van der Waals surface area contributed by atoms with Crippen LogP contribution in [0.1, 0.15) is 5.56 Å². The van der Waals surface area contributed by atoms with Crippen molar-refractivity contribution >= 4 is 5.69 Å². The summed E-state index contributed by atoms with van der Waals surface area (Å²) < 4.78 is 41.6. The zero-order valence-electron chi connectivity index (χ0n) is 9.42. The Bertz CT molecular complexity index is 684. The van der Waals surface area contributed by atoms with E-state index in [1.807, 2.05) is 0 Å². The molecule has 19 heavy (non-hydrogen) atoms. The minimum Gasteiger partial charge on any atom is -0.232 e. The zero-order valence-corrected chi connectivity index (χ0v) is 9.42. The molecule has 5 heteroatoms. The van der Waals surface area contributed by atoms with Gasteiger partial charge in [-0.25, -0.2) is 18.0 Å². The van der Waals surface area contributed by atoms with Gasteiger partial charge in [0, 0.05) is 5.56 Å². The minimum absolute atomic E-state index is 0.138. The van der Waals surface area contributed by atoms with E-state index in [-0.39, 0.29) is 5.56 Å². The normalized spacial score (nSPS) is 9.74. The smallest absolute Gasteiger partial charge is 0.232 e. The van der Waals surface area contributed by atoms with Crippen molar-refractivity contribution in [3.8, 4) is 17.2 Å². The summed E-state index contributed by atoms with van der Waals surface area (Å²) in [6.45, 7) is 6.74. The second-order valence-corrected chi connectivity index (χ2v) is 3.63. The predicted octanol–water partition coefficient (Wildman–Crippen LogP) is 4.19. The third kappa shape index (κ3) is 1.92. The number of nitrogens with zero attached hydrogens (tertiary/aromatic N) is 2. The lowest BCUT2D eigenvalue weighted by molar-refractivity contribution is 0.551. The highest BCUT2D eigenvalue weighted by atomic mass is 19.1. The van der Waals surface area contributed by atoms with Gasteiger partial charge in [0.1, 0.15) is 17.4 Å². The molecule has 92 valence electrons. The van der Waals surface area contributed by atoms with Gasteiger partial charge in [-0.2, -0.15) is 5.26 Å². The maximum atomic E-state index is 14.0. The summed E-state index contributed by atoms with van der Waals surface area (Å²) >= 11 is 0. The molecule has 0 aliphatic carbocycles. The van der Waals surface area contributed by atoms with Gasteiger partial charge in [0.25, 0.3) is 5.69 Å². The van der Waals surface area contributed by atoms with Crippen LogP contribution < -0.4 is 0 Å². The summed E-state index contributed by atoms with van der Waals surface area (Å²) in [5.41, 5.74) is -2.36. The van der Waals surface area contributed by atoms with E-state index in [0.717, 1.165) is 0 Å². The van der Waals surface area contributed by atoms with Crippen molar-refractivity contribution in [3.63, 3.8) is 0 Å². The molecule has 0 spiro atoms. The van der Waals surface area contributed by atoms with Gasteiger partial charge in [-0.3, -0.25) is 0 Å². The van der Waals surface area contributed by atoms with Crippen LogP contribution in [0.5, 0.6) is 0 Å². The van der Waals surface area contributed by atoms with Crippen molar-refractivity contribution in [2.45, 2.75) is 0 Å². The van der Waals surface area contributed by atoms with Crippen LogP contribution in [0.3, 0.4) is 0 Å². The number of halogens is 3. The average Bonchev–Trinajstić information content (AvgIpc) is 2.41. The van der Waals surface area contributed by atoms with Gasteiger partial charge in [0.2, 0.25) is 0 Å². The van der Waals surface area contributed by atoms with Crippen LogP contribution in [0.2, 0.25) is 0 Å². The second kappa shape index (κ2) is 4.83. The Labute approximate surface area is 107 Å². The van der Waals surface area contributed by atoms with E-state index in [1.54, 1.807) is 18.2 Å². The highest BCUT2D eigenvalue weighted by molar-refractivity contribution is 5.73. The van der Waals surface area contributed by atoms with Crippen molar-refractivity contribution in [2.75, 3.05) is 0 Å². The van der Waals surface area contributed by atoms with E-state index < -0.39 is 34.3 Å². The van der Waals surface area contributed by atoms with Crippen LogP contribution >= 0.6 is 0 Å². The van der Waals surface area contributed by atoms with E-state index in [2.05, 4.69) is 4.85 Å². The third-order valence-electron chi connectivity index (χ3n) is 2.58. The average molecular weight is 258 g/mol. The number of benzene rings is 2. The van der Waals surface area contributed by atoms with Crippen molar-refractivity contribution < 1.29 is 13.2 Å². The number of hydrogen-bond acceptors (Lipinski definition) is 1. The third-order valence-corrected chi connectivity index (χ3v) is 2.58. The zero-order chi connectivity index (χ0) is 14.0. The first-order valence-corrected chi connectivity index (χ1v) is 5.15. The first-order valence-electron chi connectivity index (χ1n) is 5.15. The molecule has 0 amide bonds. The summed E-state index contributed by atoms with van der Waals surface area (Å²) in [6, 6.07) is 8.87. The SMILES string of the molecule is [C-]#[N+]c1c(F)c(C#N)c(F)c(-c2ccccc2)c1F. The molecule has 2 rings (SSSR count). The molecular formula is C14H5F3N2. The largest absolute Gasteiger partial charge is 0.259 e. The predicted molar refractivity (Wildman–Crippen MR) is 62.7 cm³/mol. The quantitative estimate of drug-likeness (QED) is 0.705. The molecule has 0 unspecified atom stereocenters. The summed E-state index contributed by atoms with van der Waals surface area (Å²) in [4.78, 5) is 2.69. The summed E-state index contributed by atoms with van der Waals surface area (Å²) in [7, 11) is 0. The first-order chi connectivity index (χ1) is 9.11. The molecule has 2 nitrogen and oxygen atoms in total. The Morgan fingerprint density at radius 2 is 1.63 bits per heavy atom. The van der Waals surface area contributed by atoms with Crippen LogP contribution in [-0.2, 0) is 0 Å². The van der Waals surface area contributed by atoms with Crippen molar-refractivity contribution in [1.29, 1.82) is 5.26 Å². The topological polar surface area (TPSA) is 28.1 Å². The lowest BCUT2D eigenvalue weighted by Gasteiger charge is -2.09. The van der Waals surface area contributed by atoms with E-state index in [9.17, 15) is 13.2 Å². The fourth-order valence-corrected chi connectivity index (χ4v) is 1.71. The van der Waals surface area contributed by atoms with Crippen molar-refractivity contribution in [1.82, 2.24) is 0 Å². The van der Waals surface area contributed by atoms with Crippen LogP contribution in [0.4, 0.5) is 18.9 Å². The molecule has 0 aliphatic rings. The van der Waals surface area contributed by atoms with E-state index >= 15 is 0 Å². The fraction of sp³-hybridized carbons (Fsp3) is 0. The molecule has 0 saturated carbocycles. The van der Waals surface area contributed by atoms with Crippen LogP contribution in [0.15, 0.2) is 30.3 Å². The Morgan fingerprint density at radius 1 is 1.00 bits per heavy atom. The van der Waals surface area contributed by atoms with Gasteiger partial charge >= 0.3 is 0 Å². The number of hydrogen-bond donors (Lipinski definition) is 0. The van der Waals surface area contributed by atoms with Crippen LogP contribution in [-0.4, -0.2) is 0 Å². The number of nitriles is 1. The molecule has 0 atom stereocenters. The molecule has 0 aliphatic heterocycles. The van der Waals surface area contributed by atoms with E-state index in [1.165, 1.54) is 18.2 Å². The molecular weight excluding hydrogens is 253 g/mol. The Kier molecular flexibility index (Phi) is 3.22. The Balaban J connectivity index is 2.91. The molecule has 0 aromatic heterocycles. The molecule has 0 fully saturated rings. The molecule has 0 heterocycles. The van der Waals surface area contributed by atoms with Gasteiger partial charge in [0.15, 0.2) is 11.6 Å². The fourth-order valence-electron chi connectivity index (χ4n) is 1.71. The highest BCUT2D eigenvalue weighted by Gasteiger charge is 2.25. The summed E-state index contributed by atoms with van der Waals surface area (Å²) in [5.74, 6) is -4.06. The summed E-state index contributed by atoms with van der Waals surface area (Å²) in [6.07, 6.45) is 0. The molecule has 2 aromatic carbocycles.